The first-order valence-electron chi connectivity index (χ1n) is 5.53. The molecule has 1 aromatic heterocycles. The molecule has 0 fully saturated rings. The maximum absolute atomic E-state index is 12.7. The van der Waals surface area contributed by atoms with Gasteiger partial charge in [-0.15, -0.1) is 0 Å². The summed E-state index contributed by atoms with van der Waals surface area (Å²) in [6.45, 7) is 5.78. The van der Waals surface area contributed by atoms with Crippen LogP contribution in [-0.2, 0) is 0 Å². The molecule has 0 aliphatic heterocycles. The number of nitrogen functional groups attached to an aromatic ring is 2. The second-order valence-electron chi connectivity index (χ2n) is 3.86. The van der Waals surface area contributed by atoms with Gasteiger partial charge in [-0.1, -0.05) is 6.58 Å². The molecule has 6 N–H and O–H groups in total. The lowest BCUT2D eigenvalue weighted by molar-refractivity contribution is 0.641. The van der Waals surface area contributed by atoms with Crippen LogP contribution in [0, 0.1) is 0 Å². The summed E-state index contributed by atoms with van der Waals surface area (Å²) in [5, 5.41) is 5.94. The number of hydrogen-bond acceptors (Lipinski definition) is 5. The second kappa shape index (κ2) is 6.48. The van der Waals surface area contributed by atoms with Crippen molar-refractivity contribution in [3.8, 4) is 0 Å². The second-order valence-corrected chi connectivity index (χ2v) is 3.86. The van der Waals surface area contributed by atoms with Gasteiger partial charge in [0.1, 0.15) is 17.5 Å². The zero-order valence-corrected chi connectivity index (χ0v) is 10.3. The first-order chi connectivity index (χ1) is 8.52. The zero-order chi connectivity index (χ0) is 13.5. The van der Waals surface area contributed by atoms with E-state index in [1.54, 1.807) is 12.1 Å². The molecule has 18 heavy (non-hydrogen) atoms. The summed E-state index contributed by atoms with van der Waals surface area (Å²) >= 11 is 0. The standard InChI is InChI=1S/C12H18FN5/c1-3-9(13)7-16-6-8(2)17-11-5-4-10(14)12(15)18-11/h3-5,7-8,16H,1,6,14H2,2H3,(H3,15,17,18)/b9-7+. The summed E-state index contributed by atoms with van der Waals surface area (Å²) in [6.07, 6.45) is 2.39. The molecule has 0 amide bonds. The first-order valence-corrected chi connectivity index (χ1v) is 5.53. The van der Waals surface area contributed by atoms with Gasteiger partial charge >= 0.3 is 0 Å². The van der Waals surface area contributed by atoms with Gasteiger partial charge in [0.15, 0.2) is 0 Å². The molecular formula is C12H18FN5. The molecule has 0 bridgehead atoms. The van der Waals surface area contributed by atoms with Crippen molar-refractivity contribution in [3.63, 3.8) is 0 Å². The maximum atomic E-state index is 12.7. The summed E-state index contributed by atoms with van der Waals surface area (Å²) in [4.78, 5) is 4.08. The minimum atomic E-state index is -0.406. The molecule has 0 radical (unpaired) electrons. The van der Waals surface area contributed by atoms with Crippen molar-refractivity contribution in [2.45, 2.75) is 13.0 Å². The molecule has 0 aliphatic rings. The Kier molecular flexibility index (Phi) is 4.98. The third kappa shape index (κ3) is 4.32. The van der Waals surface area contributed by atoms with E-state index >= 15 is 0 Å². The lowest BCUT2D eigenvalue weighted by atomic mass is 10.3. The van der Waals surface area contributed by atoms with Crippen molar-refractivity contribution in [1.82, 2.24) is 10.3 Å². The average Bonchev–Trinajstić information content (AvgIpc) is 2.33. The Morgan fingerprint density at radius 1 is 1.56 bits per heavy atom. The Balaban J connectivity index is 2.46. The van der Waals surface area contributed by atoms with E-state index in [0.717, 1.165) is 6.08 Å². The van der Waals surface area contributed by atoms with Crippen LogP contribution in [0.1, 0.15) is 6.92 Å². The van der Waals surface area contributed by atoms with Gasteiger partial charge in [-0.3, -0.25) is 0 Å². The fraction of sp³-hybridized carbons (Fsp3) is 0.250. The Hall–Kier alpha value is -2.24. The summed E-state index contributed by atoms with van der Waals surface area (Å²) in [6, 6.07) is 3.47. The molecule has 1 heterocycles. The molecule has 0 saturated carbocycles. The number of halogens is 1. The molecule has 0 saturated heterocycles. The van der Waals surface area contributed by atoms with Gasteiger partial charge in [-0.25, -0.2) is 9.37 Å². The van der Waals surface area contributed by atoms with Crippen LogP contribution in [0.25, 0.3) is 0 Å². The van der Waals surface area contributed by atoms with Crippen LogP contribution >= 0.6 is 0 Å². The van der Waals surface area contributed by atoms with Crippen molar-refractivity contribution in [3.05, 3.63) is 36.8 Å². The molecule has 0 spiro atoms. The van der Waals surface area contributed by atoms with Crippen molar-refractivity contribution in [2.75, 3.05) is 23.3 Å². The van der Waals surface area contributed by atoms with Gasteiger partial charge in [-0.05, 0) is 25.1 Å². The number of rotatable bonds is 6. The quantitative estimate of drug-likeness (QED) is 0.577. The van der Waals surface area contributed by atoms with Crippen molar-refractivity contribution >= 4 is 17.3 Å². The van der Waals surface area contributed by atoms with Gasteiger partial charge in [0, 0.05) is 18.8 Å². The molecule has 1 aromatic rings. The topological polar surface area (TPSA) is 89.0 Å². The summed E-state index contributed by atoms with van der Waals surface area (Å²) < 4.78 is 12.7. The summed E-state index contributed by atoms with van der Waals surface area (Å²) in [5.74, 6) is 0.513. The Morgan fingerprint density at radius 3 is 2.89 bits per heavy atom. The van der Waals surface area contributed by atoms with E-state index in [1.165, 1.54) is 6.20 Å². The molecule has 5 nitrogen and oxygen atoms in total. The molecule has 98 valence electrons. The number of anilines is 3. The van der Waals surface area contributed by atoms with E-state index in [9.17, 15) is 4.39 Å². The lowest BCUT2D eigenvalue weighted by Crippen LogP contribution is -2.28. The summed E-state index contributed by atoms with van der Waals surface area (Å²) in [5.41, 5.74) is 11.6. The number of nitrogens with two attached hydrogens (primary N) is 2. The normalized spacial score (nSPS) is 12.9. The van der Waals surface area contributed by atoms with E-state index in [0.29, 0.717) is 18.1 Å². The fourth-order valence-corrected chi connectivity index (χ4v) is 1.26. The third-order valence-electron chi connectivity index (χ3n) is 2.21. The molecule has 0 aliphatic carbocycles. The highest BCUT2D eigenvalue weighted by Gasteiger charge is 2.03. The number of nitrogens with one attached hydrogen (secondary N) is 2. The van der Waals surface area contributed by atoms with Gasteiger partial charge in [0.25, 0.3) is 0 Å². The van der Waals surface area contributed by atoms with Gasteiger partial charge < -0.3 is 22.1 Å². The van der Waals surface area contributed by atoms with Crippen molar-refractivity contribution in [2.24, 2.45) is 0 Å². The van der Waals surface area contributed by atoms with E-state index in [-0.39, 0.29) is 11.9 Å². The van der Waals surface area contributed by atoms with Crippen LogP contribution in [0.4, 0.5) is 21.7 Å². The average molecular weight is 251 g/mol. The van der Waals surface area contributed by atoms with Crippen LogP contribution < -0.4 is 22.1 Å². The number of hydrogen-bond donors (Lipinski definition) is 4. The van der Waals surface area contributed by atoms with Crippen LogP contribution in [0.3, 0.4) is 0 Å². The smallest absolute Gasteiger partial charge is 0.149 e. The molecule has 1 unspecified atom stereocenters. The Morgan fingerprint density at radius 2 is 2.28 bits per heavy atom. The molecule has 0 aromatic carbocycles. The van der Waals surface area contributed by atoms with E-state index in [1.807, 2.05) is 6.92 Å². The number of allylic oxidation sites excluding steroid dienone is 2. The van der Waals surface area contributed by atoms with Crippen LogP contribution in [-0.4, -0.2) is 17.6 Å². The number of aromatic nitrogens is 1. The van der Waals surface area contributed by atoms with Crippen LogP contribution in [0.15, 0.2) is 36.8 Å². The predicted octanol–water partition coefficient (Wildman–Crippen LogP) is 1.63. The highest BCUT2D eigenvalue weighted by Crippen LogP contribution is 2.14. The Bertz CT molecular complexity index is 444. The maximum Gasteiger partial charge on any atom is 0.149 e. The fourth-order valence-electron chi connectivity index (χ4n) is 1.26. The van der Waals surface area contributed by atoms with Gasteiger partial charge in [-0.2, -0.15) is 0 Å². The number of pyridine rings is 1. The van der Waals surface area contributed by atoms with Crippen LogP contribution in [0.2, 0.25) is 0 Å². The monoisotopic (exact) mass is 251 g/mol. The van der Waals surface area contributed by atoms with E-state index < -0.39 is 5.83 Å². The van der Waals surface area contributed by atoms with Crippen molar-refractivity contribution < 1.29 is 4.39 Å². The summed E-state index contributed by atoms with van der Waals surface area (Å²) in [7, 11) is 0. The van der Waals surface area contributed by atoms with Gasteiger partial charge in [0.05, 0.1) is 5.69 Å². The first kappa shape index (κ1) is 13.8. The predicted molar refractivity (Wildman–Crippen MR) is 73.5 cm³/mol. The highest BCUT2D eigenvalue weighted by molar-refractivity contribution is 5.61. The largest absolute Gasteiger partial charge is 0.396 e. The SMILES string of the molecule is C=C/C(F)=C\NCC(C)Nc1ccc(N)c(N)n1. The minimum Gasteiger partial charge on any atom is -0.396 e. The molecule has 6 heteroatoms. The molecular weight excluding hydrogens is 233 g/mol. The van der Waals surface area contributed by atoms with Crippen LogP contribution in [0.5, 0.6) is 0 Å². The molecule has 1 rings (SSSR count). The third-order valence-corrected chi connectivity index (χ3v) is 2.21. The van der Waals surface area contributed by atoms with Gasteiger partial charge in [0.2, 0.25) is 0 Å². The lowest BCUT2D eigenvalue weighted by Gasteiger charge is -2.15. The van der Waals surface area contributed by atoms with E-state index in [2.05, 4.69) is 22.2 Å². The highest BCUT2D eigenvalue weighted by atomic mass is 19.1. The minimum absolute atomic E-state index is 0.0504. The molecule has 1 atom stereocenters. The van der Waals surface area contributed by atoms with E-state index in [4.69, 9.17) is 11.5 Å². The zero-order valence-electron chi connectivity index (χ0n) is 10.3. The Labute approximate surface area is 106 Å². The number of nitrogens with zero attached hydrogens (tertiary/aromatic N) is 1. The van der Waals surface area contributed by atoms with Crippen molar-refractivity contribution in [1.29, 1.82) is 0 Å².